The molecule has 36 heavy (non-hydrogen) atoms. The van der Waals surface area contributed by atoms with Crippen molar-refractivity contribution >= 4 is 23.8 Å². The third-order valence-corrected chi connectivity index (χ3v) is 5.06. The number of hydrogen-bond donors (Lipinski definition) is 3. The maximum atomic E-state index is 12.0. The minimum absolute atomic E-state index is 0.114. The van der Waals surface area contributed by atoms with Crippen LogP contribution in [-0.2, 0) is 27.3 Å². The highest BCUT2D eigenvalue weighted by molar-refractivity contribution is 5.85. The van der Waals surface area contributed by atoms with Crippen LogP contribution in [0.4, 0.5) is 15.3 Å². The van der Waals surface area contributed by atoms with E-state index in [0.717, 1.165) is 22.3 Å². The number of alkyl carbamates (subject to hydrolysis) is 1. The number of ether oxygens (including phenoxy) is 2. The number of carbonyl (C=O) groups excluding carboxylic acids is 2. The lowest BCUT2D eigenvalue weighted by Gasteiger charge is -2.22. The lowest BCUT2D eigenvalue weighted by atomic mass is 10.0. The topological polar surface area (TPSA) is 114 Å². The third-order valence-electron chi connectivity index (χ3n) is 5.06. The van der Waals surface area contributed by atoms with E-state index in [2.05, 4.69) is 10.6 Å². The van der Waals surface area contributed by atoms with Crippen LogP contribution in [0.5, 0.6) is 0 Å². The molecule has 3 N–H and O–H groups in total. The molecule has 1 unspecified atom stereocenters. The molecule has 0 aromatic heterocycles. The van der Waals surface area contributed by atoms with Gasteiger partial charge in [0, 0.05) is 12.1 Å². The minimum atomic E-state index is -1.14. The fourth-order valence-corrected chi connectivity index (χ4v) is 3.34. The first-order chi connectivity index (χ1) is 17.1. The largest absolute Gasteiger partial charge is 0.480 e. The molecule has 3 aromatic rings. The summed E-state index contributed by atoms with van der Waals surface area (Å²) in [4.78, 5) is 35.6. The quantitative estimate of drug-likeness (QED) is 0.377. The van der Waals surface area contributed by atoms with Crippen LogP contribution in [0.15, 0.2) is 78.9 Å². The zero-order chi connectivity index (χ0) is 26.1. The monoisotopic (exact) mass is 490 g/mol. The first kappa shape index (κ1) is 26.3. The van der Waals surface area contributed by atoms with E-state index >= 15 is 0 Å². The molecule has 0 aliphatic rings. The number of carboxylic acids is 1. The molecule has 8 heteroatoms. The van der Waals surface area contributed by atoms with Crippen LogP contribution in [0.2, 0.25) is 0 Å². The molecule has 0 radical (unpaired) electrons. The number of carbonyl (C=O) groups is 3. The van der Waals surface area contributed by atoms with Gasteiger partial charge in [-0.3, -0.25) is 5.32 Å². The maximum absolute atomic E-state index is 12.0. The molecule has 0 saturated heterocycles. The summed E-state index contributed by atoms with van der Waals surface area (Å²) in [6.07, 6.45) is -1.20. The van der Waals surface area contributed by atoms with Gasteiger partial charge in [-0.2, -0.15) is 0 Å². The van der Waals surface area contributed by atoms with Crippen LogP contribution in [0.3, 0.4) is 0 Å². The van der Waals surface area contributed by atoms with Crippen molar-refractivity contribution in [3.05, 3.63) is 90.0 Å². The van der Waals surface area contributed by atoms with Gasteiger partial charge in [-0.1, -0.05) is 66.7 Å². The first-order valence-corrected chi connectivity index (χ1v) is 11.5. The standard InChI is InChI=1S/C28H30N2O6/c1-28(2,3)36-27(34)30-24(25(31)32)17-19-9-11-21(12-10-19)22-13-15-23(16-14-22)29-26(33)35-18-20-7-5-4-6-8-20/h4-16,24H,17-18H2,1-3H3,(H,29,33)(H,30,34)(H,31,32). The van der Waals surface area contributed by atoms with Crippen molar-refractivity contribution in [1.29, 1.82) is 0 Å². The Balaban J connectivity index is 1.55. The van der Waals surface area contributed by atoms with Gasteiger partial charge in [0.2, 0.25) is 0 Å². The normalized spacial score (nSPS) is 11.8. The van der Waals surface area contributed by atoms with Gasteiger partial charge in [0.15, 0.2) is 0 Å². The summed E-state index contributed by atoms with van der Waals surface area (Å²) >= 11 is 0. The average molecular weight is 491 g/mol. The van der Waals surface area contributed by atoms with Gasteiger partial charge in [-0.05, 0) is 55.2 Å². The molecule has 0 fully saturated rings. The van der Waals surface area contributed by atoms with E-state index in [0.29, 0.717) is 5.69 Å². The van der Waals surface area contributed by atoms with Gasteiger partial charge in [0.1, 0.15) is 18.2 Å². The van der Waals surface area contributed by atoms with Crippen molar-refractivity contribution in [3.8, 4) is 11.1 Å². The second-order valence-electron chi connectivity index (χ2n) is 9.20. The SMILES string of the molecule is CC(C)(C)OC(=O)NC(Cc1ccc(-c2ccc(NC(=O)OCc3ccccc3)cc2)cc1)C(=O)O. The minimum Gasteiger partial charge on any atom is -0.480 e. The third kappa shape index (κ3) is 8.47. The Hall–Kier alpha value is -4.33. The van der Waals surface area contributed by atoms with Crippen LogP contribution in [0.1, 0.15) is 31.9 Å². The molecule has 3 rings (SSSR count). The number of hydrogen-bond acceptors (Lipinski definition) is 5. The van der Waals surface area contributed by atoms with Gasteiger partial charge >= 0.3 is 18.2 Å². The molecule has 188 valence electrons. The second kappa shape index (κ2) is 11.9. The number of aliphatic carboxylic acids is 1. The van der Waals surface area contributed by atoms with Crippen molar-refractivity contribution in [2.75, 3.05) is 5.32 Å². The summed E-state index contributed by atoms with van der Waals surface area (Å²) in [6.45, 7) is 5.32. The predicted octanol–water partition coefficient (Wildman–Crippen LogP) is 5.62. The van der Waals surface area contributed by atoms with Gasteiger partial charge in [-0.15, -0.1) is 0 Å². The highest BCUT2D eigenvalue weighted by Crippen LogP contribution is 2.22. The van der Waals surface area contributed by atoms with E-state index in [1.807, 2.05) is 66.7 Å². The van der Waals surface area contributed by atoms with Crippen LogP contribution < -0.4 is 10.6 Å². The summed E-state index contributed by atoms with van der Waals surface area (Å²) in [6, 6.07) is 23.0. The number of anilines is 1. The van der Waals surface area contributed by atoms with E-state index in [-0.39, 0.29) is 13.0 Å². The van der Waals surface area contributed by atoms with Crippen LogP contribution in [0, 0.1) is 0 Å². The predicted molar refractivity (Wildman–Crippen MR) is 137 cm³/mol. The summed E-state index contributed by atoms with van der Waals surface area (Å²) in [5.41, 5.74) is 3.38. The summed E-state index contributed by atoms with van der Waals surface area (Å²) in [5, 5.41) is 14.6. The van der Waals surface area contributed by atoms with E-state index in [1.54, 1.807) is 32.9 Å². The van der Waals surface area contributed by atoms with Gasteiger partial charge in [0.25, 0.3) is 0 Å². The summed E-state index contributed by atoms with van der Waals surface area (Å²) < 4.78 is 10.4. The molecule has 0 aliphatic carbocycles. The second-order valence-corrected chi connectivity index (χ2v) is 9.20. The fourth-order valence-electron chi connectivity index (χ4n) is 3.34. The number of nitrogens with one attached hydrogen (secondary N) is 2. The highest BCUT2D eigenvalue weighted by Gasteiger charge is 2.24. The fraction of sp³-hybridized carbons (Fsp3) is 0.250. The molecule has 3 aromatic carbocycles. The average Bonchev–Trinajstić information content (AvgIpc) is 2.83. The van der Waals surface area contributed by atoms with Crippen LogP contribution in [0.25, 0.3) is 11.1 Å². The Morgan fingerprint density at radius 2 is 1.39 bits per heavy atom. The molecular weight excluding hydrogens is 460 g/mol. The smallest absolute Gasteiger partial charge is 0.411 e. The van der Waals surface area contributed by atoms with Crippen molar-refractivity contribution in [3.63, 3.8) is 0 Å². The van der Waals surface area contributed by atoms with Crippen molar-refractivity contribution < 1.29 is 29.0 Å². The van der Waals surface area contributed by atoms with Crippen LogP contribution >= 0.6 is 0 Å². The lowest BCUT2D eigenvalue weighted by Crippen LogP contribution is -2.44. The van der Waals surface area contributed by atoms with Crippen molar-refractivity contribution in [2.45, 2.75) is 45.4 Å². The molecular formula is C28H30N2O6. The Morgan fingerprint density at radius 1 is 0.806 bits per heavy atom. The summed E-state index contributed by atoms with van der Waals surface area (Å²) in [5.74, 6) is -1.14. The van der Waals surface area contributed by atoms with Gasteiger partial charge < -0.3 is 19.9 Å². The molecule has 8 nitrogen and oxygen atoms in total. The van der Waals surface area contributed by atoms with Crippen LogP contribution in [-0.4, -0.2) is 34.9 Å². The first-order valence-electron chi connectivity index (χ1n) is 11.5. The van der Waals surface area contributed by atoms with Crippen molar-refractivity contribution in [1.82, 2.24) is 5.32 Å². The van der Waals surface area contributed by atoms with E-state index in [9.17, 15) is 19.5 Å². The Labute approximate surface area is 210 Å². The molecule has 0 saturated carbocycles. The zero-order valence-corrected chi connectivity index (χ0v) is 20.5. The number of rotatable bonds is 8. The number of carboxylic acid groups (broad SMARTS) is 1. The van der Waals surface area contributed by atoms with Gasteiger partial charge in [0.05, 0.1) is 0 Å². The Morgan fingerprint density at radius 3 is 1.94 bits per heavy atom. The maximum Gasteiger partial charge on any atom is 0.411 e. The molecule has 1 atom stereocenters. The number of amides is 2. The highest BCUT2D eigenvalue weighted by atomic mass is 16.6. The van der Waals surface area contributed by atoms with Crippen molar-refractivity contribution in [2.24, 2.45) is 0 Å². The van der Waals surface area contributed by atoms with Gasteiger partial charge in [-0.25, -0.2) is 14.4 Å². The Kier molecular flexibility index (Phi) is 8.67. The number of benzene rings is 3. The van der Waals surface area contributed by atoms with E-state index in [4.69, 9.17) is 9.47 Å². The Bertz CT molecular complexity index is 1170. The molecule has 0 spiro atoms. The van der Waals surface area contributed by atoms with E-state index in [1.165, 1.54) is 0 Å². The lowest BCUT2D eigenvalue weighted by molar-refractivity contribution is -0.139. The zero-order valence-electron chi connectivity index (χ0n) is 20.5. The molecule has 2 amide bonds. The summed E-state index contributed by atoms with van der Waals surface area (Å²) in [7, 11) is 0. The van der Waals surface area contributed by atoms with E-state index < -0.39 is 29.8 Å². The molecule has 0 aliphatic heterocycles. The molecule has 0 heterocycles. The molecule has 0 bridgehead atoms.